The minimum Gasteiger partial charge on any atom is -0.307 e. The van der Waals surface area contributed by atoms with E-state index in [0.29, 0.717) is 13.0 Å². The van der Waals surface area contributed by atoms with Crippen LogP contribution in [0.25, 0.3) is 0 Å². The average molecular weight is 229 g/mol. The summed E-state index contributed by atoms with van der Waals surface area (Å²) in [6.07, 6.45) is 1.57. The average Bonchev–Trinajstić information content (AvgIpc) is 2.65. The molecule has 1 aromatic carbocycles. The SMILES string of the molecule is CSc1ccc(F)cc1C1C[C@H](F)CN1. The van der Waals surface area contributed by atoms with Crippen LogP contribution in [0.4, 0.5) is 8.78 Å². The maximum absolute atomic E-state index is 13.1. The Balaban J connectivity index is 2.29. The fourth-order valence-corrected chi connectivity index (χ4v) is 2.55. The van der Waals surface area contributed by atoms with E-state index in [2.05, 4.69) is 5.32 Å². The van der Waals surface area contributed by atoms with Crippen LogP contribution in [-0.4, -0.2) is 19.0 Å². The first kappa shape index (κ1) is 10.9. The standard InChI is InChI=1S/C11H13F2NS/c1-15-11-3-2-7(12)4-9(11)10-5-8(13)6-14-10/h2-4,8,10,14H,5-6H2,1H3/t8-,10?/m0/s1. The molecule has 1 heterocycles. The Bertz CT molecular complexity index is 356. The first-order chi connectivity index (χ1) is 7.20. The van der Waals surface area contributed by atoms with Crippen molar-refractivity contribution in [1.82, 2.24) is 5.32 Å². The van der Waals surface area contributed by atoms with Crippen LogP contribution in [0.1, 0.15) is 18.0 Å². The van der Waals surface area contributed by atoms with E-state index in [4.69, 9.17) is 0 Å². The molecule has 0 spiro atoms. The third-order valence-corrected chi connectivity index (χ3v) is 3.46. The molecule has 1 fully saturated rings. The molecule has 0 radical (unpaired) electrons. The number of hydrogen-bond acceptors (Lipinski definition) is 2. The molecular formula is C11H13F2NS. The Labute approximate surface area is 92.3 Å². The number of halogens is 2. The minimum absolute atomic E-state index is 0.0434. The summed E-state index contributed by atoms with van der Waals surface area (Å²) in [5.41, 5.74) is 0.877. The van der Waals surface area contributed by atoms with Gasteiger partial charge in [0.1, 0.15) is 12.0 Å². The van der Waals surface area contributed by atoms with Gasteiger partial charge in [-0.15, -0.1) is 11.8 Å². The van der Waals surface area contributed by atoms with Gasteiger partial charge in [-0.25, -0.2) is 8.78 Å². The highest BCUT2D eigenvalue weighted by Gasteiger charge is 2.26. The minimum atomic E-state index is -0.812. The lowest BCUT2D eigenvalue weighted by Crippen LogP contribution is -2.14. The van der Waals surface area contributed by atoms with Gasteiger partial charge in [0, 0.05) is 17.5 Å². The quantitative estimate of drug-likeness (QED) is 0.783. The maximum Gasteiger partial charge on any atom is 0.123 e. The Morgan fingerprint density at radius 1 is 1.47 bits per heavy atom. The van der Waals surface area contributed by atoms with Crippen molar-refractivity contribution >= 4 is 11.8 Å². The fourth-order valence-electron chi connectivity index (χ4n) is 1.91. The number of alkyl halides is 1. The number of nitrogens with one attached hydrogen (secondary N) is 1. The molecule has 82 valence electrons. The Hall–Kier alpha value is -0.610. The predicted octanol–water partition coefficient (Wildman–Crippen LogP) is 2.92. The number of hydrogen-bond donors (Lipinski definition) is 1. The smallest absolute Gasteiger partial charge is 0.123 e. The van der Waals surface area contributed by atoms with Gasteiger partial charge in [-0.1, -0.05) is 0 Å². The lowest BCUT2D eigenvalue weighted by molar-refractivity contribution is 0.355. The Morgan fingerprint density at radius 2 is 2.27 bits per heavy atom. The second-order valence-electron chi connectivity index (χ2n) is 3.68. The van der Waals surface area contributed by atoms with E-state index < -0.39 is 6.17 Å². The maximum atomic E-state index is 13.1. The number of benzene rings is 1. The van der Waals surface area contributed by atoms with E-state index in [-0.39, 0.29) is 11.9 Å². The van der Waals surface area contributed by atoms with Crippen molar-refractivity contribution in [3.8, 4) is 0 Å². The predicted molar refractivity (Wildman–Crippen MR) is 58.4 cm³/mol. The van der Waals surface area contributed by atoms with Crippen LogP contribution >= 0.6 is 11.8 Å². The van der Waals surface area contributed by atoms with Crippen molar-refractivity contribution in [2.24, 2.45) is 0 Å². The number of thioether (sulfide) groups is 1. The van der Waals surface area contributed by atoms with Gasteiger partial charge in [0.15, 0.2) is 0 Å². The van der Waals surface area contributed by atoms with Crippen molar-refractivity contribution in [3.63, 3.8) is 0 Å². The van der Waals surface area contributed by atoms with Crippen LogP contribution in [0.5, 0.6) is 0 Å². The summed E-state index contributed by atoms with van der Waals surface area (Å²) in [5, 5.41) is 3.07. The zero-order valence-electron chi connectivity index (χ0n) is 8.47. The molecule has 2 atom stereocenters. The largest absolute Gasteiger partial charge is 0.307 e. The molecule has 1 nitrogen and oxygen atoms in total. The Kier molecular flexibility index (Phi) is 3.26. The van der Waals surface area contributed by atoms with Gasteiger partial charge in [0.2, 0.25) is 0 Å². The molecule has 15 heavy (non-hydrogen) atoms. The van der Waals surface area contributed by atoms with E-state index in [0.717, 1.165) is 10.5 Å². The van der Waals surface area contributed by atoms with Gasteiger partial charge in [0.25, 0.3) is 0 Å². The molecule has 0 aromatic heterocycles. The first-order valence-corrected chi connectivity index (χ1v) is 6.14. The van der Waals surface area contributed by atoms with E-state index in [9.17, 15) is 8.78 Å². The van der Waals surface area contributed by atoms with Crippen LogP contribution in [0, 0.1) is 5.82 Å². The second-order valence-corrected chi connectivity index (χ2v) is 4.53. The summed E-state index contributed by atoms with van der Waals surface area (Å²) in [4.78, 5) is 1.02. The molecule has 2 rings (SSSR count). The van der Waals surface area contributed by atoms with Crippen LogP contribution < -0.4 is 5.32 Å². The van der Waals surface area contributed by atoms with Crippen LogP contribution in [0.15, 0.2) is 23.1 Å². The van der Waals surface area contributed by atoms with Gasteiger partial charge >= 0.3 is 0 Å². The summed E-state index contributed by atoms with van der Waals surface area (Å²) in [6.45, 7) is 0.370. The van der Waals surface area contributed by atoms with Crippen LogP contribution in [-0.2, 0) is 0 Å². The molecule has 1 aliphatic heterocycles. The molecule has 1 N–H and O–H groups in total. The molecule has 1 unspecified atom stereocenters. The van der Waals surface area contributed by atoms with Crippen LogP contribution in [0.2, 0.25) is 0 Å². The zero-order valence-corrected chi connectivity index (χ0v) is 9.28. The lowest BCUT2D eigenvalue weighted by atomic mass is 10.0. The molecule has 0 aliphatic carbocycles. The van der Waals surface area contributed by atoms with Crippen molar-refractivity contribution < 1.29 is 8.78 Å². The molecule has 1 aromatic rings. The third-order valence-electron chi connectivity index (χ3n) is 2.64. The van der Waals surface area contributed by atoms with E-state index in [1.807, 2.05) is 6.26 Å². The summed E-state index contributed by atoms with van der Waals surface area (Å²) >= 11 is 1.56. The van der Waals surface area contributed by atoms with E-state index in [1.165, 1.54) is 12.1 Å². The molecule has 4 heteroatoms. The van der Waals surface area contributed by atoms with E-state index >= 15 is 0 Å². The topological polar surface area (TPSA) is 12.0 Å². The molecule has 0 saturated carbocycles. The second kappa shape index (κ2) is 4.49. The first-order valence-electron chi connectivity index (χ1n) is 4.91. The number of rotatable bonds is 2. The lowest BCUT2D eigenvalue weighted by Gasteiger charge is -2.14. The van der Waals surface area contributed by atoms with Gasteiger partial charge < -0.3 is 5.32 Å². The monoisotopic (exact) mass is 229 g/mol. The van der Waals surface area contributed by atoms with Crippen molar-refractivity contribution in [3.05, 3.63) is 29.6 Å². The summed E-state index contributed by atoms with van der Waals surface area (Å²) < 4.78 is 26.1. The van der Waals surface area contributed by atoms with E-state index in [1.54, 1.807) is 17.8 Å². The van der Waals surface area contributed by atoms with Crippen molar-refractivity contribution in [2.75, 3.05) is 12.8 Å². The van der Waals surface area contributed by atoms with Gasteiger partial charge in [-0.3, -0.25) is 0 Å². The Morgan fingerprint density at radius 3 is 2.87 bits per heavy atom. The fraction of sp³-hybridized carbons (Fsp3) is 0.455. The molecule has 1 saturated heterocycles. The highest BCUT2D eigenvalue weighted by Crippen LogP contribution is 2.32. The highest BCUT2D eigenvalue weighted by atomic mass is 32.2. The van der Waals surface area contributed by atoms with Crippen LogP contribution in [0.3, 0.4) is 0 Å². The zero-order chi connectivity index (χ0) is 10.8. The summed E-state index contributed by atoms with van der Waals surface area (Å²) in [6, 6.07) is 4.65. The van der Waals surface area contributed by atoms with Crippen molar-refractivity contribution in [1.29, 1.82) is 0 Å². The molecule has 0 bridgehead atoms. The highest BCUT2D eigenvalue weighted by molar-refractivity contribution is 7.98. The van der Waals surface area contributed by atoms with Gasteiger partial charge in [-0.05, 0) is 36.4 Å². The molecular weight excluding hydrogens is 216 g/mol. The summed E-state index contributed by atoms with van der Waals surface area (Å²) in [5.74, 6) is -0.257. The third kappa shape index (κ3) is 2.32. The van der Waals surface area contributed by atoms with Gasteiger partial charge in [-0.2, -0.15) is 0 Å². The van der Waals surface area contributed by atoms with Gasteiger partial charge in [0.05, 0.1) is 0 Å². The summed E-state index contributed by atoms with van der Waals surface area (Å²) in [7, 11) is 0. The molecule has 1 aliphatic rings. The van der Waals surface area contributed by atoms with Crippen molar-refractivity contribution in [2.45, 2.75) is 23.5 Å². The normalized spacial score (nSPS) is 25.8. The molecule has 0 amide bonds.